The fraction of sp³-hybridized carbons (Fsp3) is 0.0435. The smallest absolute Gasteiger partial charge is 0.238 e. The largest absolute Gasteiger partial charge is 0.457 e. The van der Waals surface area contributed by atoms with Crippen molar-refractivity contribution < 1.29 is 12.8 Å². The third-order valence-corrected chi connectivity index (χ3v) is 6.39. The van der Waals surface area contributed by atoms with Crippen LogP contribution >= 0.6 is 11.3 Å². The van der Waals surface area contributed by atoms with E-state index in [-0.39, 0.29) is 4.90 Å². The fourth-order valence-corrected chi connectivity index (χ4v) is 4.24. The summed E-state index contributed by atoms with van der Waals surface area (Å²) >= 11 is 1.40. The topological polar surface area (TPSA) is 110 Å². The number of hydrogen-bond donors (Lipinski definition) is 1. The Balaban J connectivity index is 1.59. The van der Waals surface area contributed by atoms with Crippen LogP contribution in [-0.2, 0) is 10.0 Å². The number of nitrogens with zero attached hydrogens (tertiary/aromatic N) is 2. The van der Waals surface area contributed by atoms with E-state index in [9.17, 15) is 13.7 Å². The van der Waals surface area contributed by atoms with Crippen LogP contribution in [0.3, 0.4) is 0 Å². The van der Waals surface area contributed by atoms with Crippen LogP contribution < -0.4 is 5.14 Å². The molecule has 2 aromatic heterocycles. The number of rotatable bonds is 5. The number of benzene rings is 2. The monoisotopic (exact) mass is 447 g/mol. The molecule has 0 saturated heterocycles. The minimum absolute atomic E-state index is 0.0304. The number of nitrogens with two attached hydrogens (primary N) is 1. The summed E-state index contributed by atoms with van der Waals surface area (Å²) in [6.07, 6.45) is 1.64. The molecule has 0 aliphatic rings. The molecule has 31 heavy (non-hydrogen) atoms. The molecule has 154 valence electrons. The van der Waals surface area contributed by atoms with E-state index in [1.807, 2.05) is 36.6 Å². The van der Waals surface area contributed by atoms with Crippen molar-refractivity contribution in [3.05, 3.63) is 82.4 Å². The molecule has 6 nitrogen and oxygen atoms in total. The molecule has 0 aliphatic carbocycles. The van der Waals surface area contributed by atoms with Gasteiger partial charge >= 0.3 is 0 Å². The number of hydrogen-bond acceptors (Lipinski definition) is 6. The van der Waals surface area contributed by atoms with Gasteiger partial charge in [0.1, 0.15) is 22.6 Å². The summed E-state index contributed by atoms with van der Waals surface area (Å²) in [5.41, 5.74) is 4.07. The van der Waals surface area contributed by atoms with Crippen molar-refractivity contribution in [2.75, 3.05) is 0 Å². The number of aryl methyl sites for hydroxylation is 1. The molecule has 0 fully saturated rings. The second-order valence-electron chi connectivity index (χ2n) is 6.85. The van der Waals surface area contributed by atoms with Crippen LogP contribution in [0.5, 0.6) is 0 Å². The lowest BCUT2D eigenvalue weighted by Gasteiger charge is -2.00. The maximum atomic E-state index is 11.4. The summed E-state index contributed by atoms with van der Waals surface area (Å²) in [6, 6.07) is 19.8. The molecule has 2 aromatic carbocycles. The molecule has 0 saturated carbocycles. The van der Waals surface area contributed by atoms with Gasteiger partial charge in [-0.3, -0.25) is 0 Å². The van der Waals surface area contributed by atoms with Gasteiger partial charge in [0.05, 0.1) is 16.2 Å². The van der Waals surface area contributed by atoms with Gasteiger partial charge in [-0.1, -0.05) is 29.8 Å². The van der Waals surface area contributed by atoms with Crippen molar-refractivity contribution in [2.45, 2.75) is 11.8 Å². The molecular weight excluding hydrogens is 430 g/mol. The van der Waals surface area contributed by atoms with Crippen molar-refractivity contribution in [1.82, 2.24) is 4.98 Å². The summed E-state index contributed by atoms with van der Waals surface area (Å²) in [5.74, 6) is 1.04. The molecule has 0 radical (unpaired) electrons. The van der Waals surface area contributed by atoms with Gasteiger partial charge in [0.25, 0.3) is 0 Å². The van der Waals surface area contributed by atoms with Crippen molar-refractivity contribution in [3.63, 3.8) is 0 Å². The first-order valence-electron chi connectivity index (χ1n) is 9.21. The van der Waals surface area contributed by atoms with Crippen LogP contribution in [-0.4, -0.2) is 13.4 Å². The van der Waals surface area contributed by atoms with E-state index in [1.165, 1.54) is 29.0 Å². The molecule has 4 rings (SSSR count). The van der Waals surface area contributed by atoms with Crippen LogP contribution in [0.2, 0.25) is 0 Å². The van der Waals surface area contributed by atoms with Gasteiger partial charge < -0.3 is 4.42 Å². The molecule has 0 unspecified atom stereocenters. The van der Waals surface area contributed by atoms with Crippen molar-refractivity contribution in [1.29, 1.82) is 5.26 Å². The Bertz CT molecular complexity index is 1410. The van der Waals surface area contributed by atoms with Gasteiger partial charge in [0.2, 0.25) is 10.0 Å². The average molecular weight is 448 g/mol. The molecule has 0 bridgehead atoms. The predicted octanol–water partition coefficient (Wildman–Crippen LogP) is 5.09. The molecule has 8 heteroatoms. The van der Waals surface area contributed by atoms with E-state index < -0.39 is 10.0 Å². The van der Waals surface area contributed by atoms with Gasteiger partial charge in [-0.05, 0) is 43.3 Å². The van der Waals surface area contributed by atoms with E-state index in [0.29, 0.717) is 27.7 Å². The molecule has 2 heterocycles. The van der Waals surface area contributed by atoms with Crippen LogP contribution in [0.1, 0.15) is 16.3 Å². The van der Waals surface area contributed by atoms with Gasteiger partial charge in [-0.25, -0.2) is 18.5 Å². The van der Waals surface area contributed by atoms with Gasteiger partial charge in [-0.2, -0.15) is 5.26 Å². The molecular formula is C23H17N3O3S2. The Labute approximate surface area is 184 Å². The van der Waals surface area contributed by atoms with Crippen molar-refractivity contribution in [2.24, 2.45) is 5.14 Å². The van der Waals surface area contributed by atoms with Gasteiger partial charge in [-0.15, -0.1) is 11.3 Å². The Hall–Kier alpha value is -3.51. The Morgan fingerprint density at radius 1 is 1.06 bits per heavy atom. The van der Waals surface area contributed by atoms with E-state index in [4.69, 9.17) is 9.56 Å². The summed E-state index contributed by atoms with van der Waals surface area (Å²) in [7, 11) is -3.75. The highest BCUT2D eigenvalue weighted by atomic mass is 32.2. The minimum atomic E-state index is -3.75. The van der Waals surface area contributed by atoms with Crippen LogP contribution in [0, 0.1) is 18.3 Å². The highest BCUT2D eigenvalue weighted by Gasteiger charge is 2.12. The Morgan fingerprint density at radius 2 is 1.74 bits per heavy atom. The second-order valence-corrected chi connectivity index (χ2v) is 9.26. The SMILES string of the molecule is Cc1ccc(-c2csc(C(C#N)=Cc3ccc(-c4ccc(S(N)(=O)=O)cc4)o3)n2)cc1. The number of nitriles is 1. The normalized spacial score (nSPS) is 12.0. The van der Waals surface area contributed by atoms with Crippen LogP contribution in [0.15, 0.2) is 75.4 Å². The molecule has 0 spiro atoms. The zero-order valence-electron chi connectivity index (χ0n) is 16.4. The zero-order chi connectivity index (χ0) is 22.0. The highest BCUT2D eigenvalue weighted by Crippen LogP contribution is 2.29. The van der Waals surface area contributed by atoms with E-state index in [1.54, 1.807) is 30.3 Å². The zero-order valence-corrected chi connectivity index (χ0v) is 18.1. The van der Waals surface area contributed by atoms with E-state index >= 15 is 0 Å². The lowest BCUT2D eigenvalue weighted by Crippen LogP contribution is -2.11. The average Bonchev–Trinajstić information content (AvgIpc) is 3.42. The standard InChI is InChI=1S/C23H17N3O3S2/c1-15-2-4-16(5-3-15)21-14-30-23(26-21)18(13-24)12-19-8-11-22(29-19)17-6-9-20(10-7-17)31(25,27)28/h2-12,14H,1H3,(H2,25,27,28). The first-order valence-corrected chi connectivity index (χ1v) is 11.6. The predicted molar refractivity (Wildman–Crippen MR) is 121 cm³/mol. The number of allylic oxidation sites excluding steroid dienone is 1. The molecule has 0 atom stereocenters. The van der Waals surface area contributed by atoms with Crippen LogP contribution in [0.25, 0.3) is 34.2 Å². The number of thiazole rings is 1. The maximum absolute atomic E-state index is 11.4. The van der Waals surface area contributed by atoms with E-state index in [0.717, 1.165) is 11.3 Å². The summed E-state index contributed by atoms with van der Waals surface area (Å²) in [4.78, 5) is 4.62. The lowest BCUT2D eigenvalue weighted by atomic mass is 10.1. The summed E-state index contributed by atoms with van der Waals surface area (Å²) in [5, 5.41) is 17.3. The first-order chi connectivity index (χ1) is 14.8. The number of aromatic nitrogens is 1. The first kappa shape index (κ1) is 20.8. The summed E-state index contributed by atoms with van der Waals surface area (Å²) in [6.45, 7) is 2.03. The molecule has 0 amide bonds. The lowest BCUT2D eigenvalue weighted by molar-refractivity contribution is 0.571. The van der Waals surface area contributed by atoms with Crippen LogP contribution in [0.4, 0.5) is 0 Å². The van der Waals surface area contributed by atoms with Gasteiger partial charge in [0.15, 0.2) is 0 Å². The Morgan fingerprint density at radius 3 is 2.39 bits per heavy atom. The molecule has 0 aliphatic heterocycles. The number of furan rings is 1. The quantitative estimate of drug-likeness (QED) is 0.429. The molecule has 4 aromatic rings. The third-order valence-electron chi connectivity index (χ3n) is 4.58. The maximum Gasteiger partial charge on any atom is 0.238 e. The van der Waals surface area contributed by atoms with Crippen molar-refractivity contribution in [3.8, 4) is 28.7 Å². The molecule has 2 N–H and O–H groups in total. The fourth-order valence-electron chi connectivity index (χ4n) is 2.93. The minimum Gasteiger partial charge on any atom is -0.457 e. The number of sulfonamides is 1. The third kappa shape index (κ3) is 4.64. The van der Waals surface area contributed by atoms with Crippen molar-refractivity contribution >= 4 is 33.0 Å². The summed E-state index contributed by atoms with van der Waals surface area (Å²) < 4.78 is 28.6. The van der Waals surface area contributed by atoms with Gasteiger partial charge in [0, 0.05) is 22.6 Å². The Kier molecular flexibility index (Phi) is 5.57. The second kappa shape index (κ2) is 8.32. The highest BCUT2D eigenvalue weighted by molar-refractivity contribution is 7.89. The number of primary sulfonamides is 1. The van der Waals surface area contributed by atoms with E-state index in [2.05, 4.69) is 11.1 Å².